The number of anilines is 2. The van der Waals surface area contributed by atoms with Gasteiger partial charge in [0.2, 0.25) is 5.95 Å². The lowest BCUT2D eigenvalue weighted by atomic mass is 10.1. The molecule has 124 valence electrons. The topological polar surface area (TPSA) is 41.1 Å². The number of hydrogen-bond acceptors (Lipinski definition) is 4. The zero-order valence-electron chi connectivity index (χ0n) is 14.3. The van der Waals surface area contributed by atoms with Crippen LogP contribution in [0.4, 0.5) is 11.8 Å². The van der Waals surface area contributed by atoms with Crippen molar-refractivity contribution in [3.05, 3.63) is 48.2 Å². The first kappa shape index (κ1) is 17.3. The summed E-state index contributed by atoms with van der Waals surface area (Å²) >= 11 is 0. The van der Waals surface area contributed by atoms with Gasteiger partial charge in [0.1, 0.15) is 5.82 Å². The normalized spacial score (nSPS) is 10.5. The summed E-state index contributed by atoms with van der Waals surface area (Å²) in [7, 11) is 0. The predicted molar refractivity (Wildman–Crippen MR) is 98.1 cm³/mol. The summed E-state index contributed by atoms with van der Waals surface area (Å²) in [6.45, 7) is 7.31. The second-order valence-corrected chi connectivity index (χ2v) is 5.74. The number of aryl methyl sites for hydroxylation is 1. The first-order valence-corrected chi connectivity index (χ1v) is 8.69. The molecule has 0 radical (unpaired) electrons. The Balaban J connectivity index is 1.84. The molecule has 1 aromatic carbocycles. The number of hydrogen-bond donors (Lipinski definition) is 1. The Morgan fingerprint density at radius 1 is 1.00 bits per heavy atom. The van der Waals surface area contributed by atoms with Crippen LogP contribution >= 0.6 is 0 Å². The molecule has 0 aliphatic heterocycles. The number of nitrogens with zero attached hydrogens (tertiary/aromatic N) is 3. The number of nitrogens with one attached hydrogen (secondary N) is 1. The molecule has 0 amide bonds. The third-order valence-corrected chi connectivity index (χ3v) is 3.70. The van der Waals surface area contributed by atoms with Gasteiger partial charge in [-0.3, -0.25) is 0 Å². The first-order chi connectivity index (χ1) is 11.3. The van der Waals surface area contributed by atoms with Gasteiger partial charge in [-0.25, -0.2) is 4.98 Å². The van der Waals surface area contributed by atoms with Crippen LogP contribution in [-0.4, -0.2) is 29.6 Å². The van der Waals surface area contributed by atoms with E-state index in [1.807, 2.05) is 12.3 Å². The Bertz CT molecular complexity index is 550. The van der Waals surface area contributed by atoms with Crippen molar-refractivity contribution < 1.29 is 0 Å². The highest BCUT2D eigenvalue weighted by Crippen LogP contribution is 2.12. The third-order valence-electron chi connectivity index (χ3n) is 3.70. The fourth-order valence-electron chi connectivity index (χ4n) is 2.60. The van der Waals surface area contributed by atoms with E-state index in [-0.39, 0.29) is 0 Å². The minimum absolute atomic E-state index is 0.835. The van der Waals surface area contributed by atoms with Gasteiger partial charge in [0, 0.05) is 25.8 Å². The van der Waals surface area contributed by atoms with Crippen molar-refractivity contribution in [2.24, 2.45) is 0 Å². The lowest BCUT2D eigenvalue weighted by molar-refractivity contribution is 0.721. The van der Waals surface area contributed by atoms with Gasteiger partial charge >= 0.3 is 0 Å². The maximum atomic E-state index is 4.66. The van der Waals surface area contributed by atoms with Crippen LogP contribution in [0.2, 0.25) is 0 Å². The largest absolute Gasteiger partial charge is 0.370 e. The van der Waals surface area contributed by atoms with Crippen LogP contribution in [0.15, 0.2) is 42.6 Å². The minimum Gasteiger partial charge on any atom is -0.370 e. The molecule has 0 bridgehead atoms. The van der Waals surface area contributed by atoms with Gasteiger partial charge in [0.25, 0.3) is 0 Å². The number of rotatable bonds is 10. The molecule has 0 aliphatic rings. The summed E-state index contributed by atoms with van der Waals surface area (Å²) in [6, 6.07) is 12.5. The molecule has 0 saturated carbocycles. The van der Waals surface area contributed by atoms with Crippen molar-refractivity contribution in [2.75, 3.05) is 29.9 Å². The van der Waals surface area contributed by atoms with Crippen LogP contribution < -0.4 is 10.2 Å². The molecule has 0 aliphatic carbocycles. The van der Waals surface area contributed by atoms with Crippen LogP contribution in [0.1, 0.15) is 38.7 Å². The van der Waals surface area contributed by atoms with Crippen molar-refractivity contribution in [3.8, 4) is 0 Å². The van der Waals surface area contributed by atoms with Crippen LogP contribution in [0.25, 0.3) is 0 Å². The zero-order valence-corrected chi connectivity index (χ0v) is 14.3. The molecule has 4 nitrogen and oxygen atoms in total. The molecular formula is C19H28N4. The van der Waals surface area contributed by atoms with E-state index in [1.54, 1.807) is 0 Å². The van der Waals surface area contributed by atoms with Gasteiger partial charge in [-0.15, -0.1) is 0 Å². The Hall–Kier alpha value is -2.10. The molecule has 23 heavy (non-hydrogen) atoms. The lowest BCUT2D eigenvalue weighted by Gasteiger charge is -2.21. The van der Waals surface area contributed by atoms with Crippen LogP contribution in [0.5, 0.6) is 0 Å². The molecule has 0 saturated heterocycles. The van der Waals surface area contributed by atoms with Crippen LogP contribution in [-0.2, 0) is 6.42 Å². The zero-order chi connectivity index (χ0) is 16.3. The molecule has 0 spiro atoms. The van der Waals surface area contributed by atoms with E-state index in [9.17, 15) is 0 Å². The standard InChI is InChI=1S/C19H28N4/c1-3-15-23(16-4-2)19-21-14-12-18(22-19)20-13-8-11-17-9-6-5-7-10-17/h5-7,9-10,12,14H,3-4,8,11,13,15-16H2,1-2H3,(H,20,21,22). The quantitative estimate of drug-likeness (QED) is 0.669. The van der Waals surface area contributed by atoms with Crippen molar-refractivity contribution in [2.45, 2.75) is 39.5 Å². The Kier molecular flexibility index (Phi) is 7.37. The second kappa shape index (κ2) is 9.82. The maximum absolute atomic E-state index is 4.66. The van der Waals surface area contributed by atoms with Crippen molar-refractivity contribution in [1.29, 1.82) is 0 Å². The molecule has 0 fully saturated rings. The summed E-state index contributed by atoms with van der Waals surface area (Å²) in [5.41, 5.74) is 1.38. The van der Waals surface area contributed by atoms with E-state index in [4.69, 9.17) is 0 Å². The molecule has 1 heterocycles. The average molecular weight is 312 g/mol. The molecule has 1 N–H and O–H groups in total. The van der Waals surface area contributed by atoms with Crippen molar-refractivity contribution in [3.63, 3.8) is 0 Å². The van der Waals surface area contributed by atoms with E-state index >= 15 is 0 Å². The molecule has 4 heteroatoms. The van der Waals surface area contributed by atoms with E-state index in [2.05, 4.69) is 64.4 Å². The molecule has 0 atom stereocenters. The SMILES string of the molecule is CCCN(CCC)c1nccc(NCCCc2ccccc2)n1. The highest BCUT2D eigenvalue weighted by atomic mass is 15.3. The van der Waals surface area contributed by atoms with E-state index in [0.717, 1.165) is 57.1 Å². The van der Waals surface area contributed by atoms with Crippen LogP contribution in [0.3, 0.4) is 0 Å². The monoisotopic (exact) mass is 312 g/mol. The van der Waals surface area contributed by atoms with Gasteiger partial charge in [0.15, 0.2) is 0 Å². The minimum atomic E-state index is 0.835. The molecular weight excluding hydrogens is 284 g/mol. The van der Waals surface area contributed by atoms with Gasteiger partial charge in [-0.1, -0.05) is 44.2 Å². The molecule has 2 aromatic rings. The fourth-order valence-corrected chi connectivity index (χ4v) is 2.60. The average Bonchev–Trinajstić information content (AvgIpc) is 2.60. The van der Waals surface area contributed by atoms with E-state index in [0.29, 0.717) is 0 Å². The van der Waals surface area contributed by atoms with Crippen molar-refractivity contribution in [1.82, 2.24) is 9.97 Å². The molecule has 2 rings (SSSR count). The Morgan fingerprint density at radius 2 is 1.74 bits per heavy atom. The number of aromatic nitrogens is 2. The third kappa shape index (κ3) is 5.89. The first-order valence-electron chi connectivity index (χ1n) is 8.69. The summed E-state index contributed by atoms with van der Waals surface area (Å²) in [5.74, 6) is 1.75. The van der Waals surface area contributed by atoms with E-state index < -0.39 is 0 Å². The molecule has 1 aromatic heterocycles. The van der Waals surface area contributed by atoms with Gasteiger partial charge in [-0.2, -0.15) is 4.98 Å². The van der Waals surface area contributed by atoms with Crippen molar-refractivity contribution >= 4 is 11.8 Å². The Labute approximate surface area is 140 Å². The number of benzene rings is 1. The smallest absolute Gasteiger partial charge is 0.227 e. The van der Waals surface area contributed by atoms with E-state index in [1.165, 1.54) is 5.56 Å². The van der Waals surface area contributed by atoms with Gasteiger partial charge in [-0.05, 0) is 37.3 Å². The summed E-state index contributed by atoms with van der Waals surface area (Å²) < 4.78 is 0. The second-order valence-electron chi connectivity index (χ2n) is 5.74. The maximum Gasteiger partial charge on any atom is 0.227 e. The Morgan fingerprint density at radius 3 is 2.43 bits per heavy atom. The predicted octanol–water partition coefficient (Wildman–Crippen LogP) is 4.15. The highest BCUT2D eigenvalue weighted by Gasteiger charge is 2.08. The molecule has 0 unspecified atom stereocenters. The van der Waals surface area contributed by atoms with Crippen LogP contribution in [0, 0.1) is 0 Å². The fraction of sp³-hybridized carbons (Fsp3) is 0.474. The van der Waals surface area contributed by atoms with Gasteiger partial charge < -0.3 is 10.2 Å². The summed E-state index contributed by atoms with van der Waals surface area (Å²) in [6.07, 6.45) is 6.25. The summed E-state index contributed by atoms with van der Waals surface area (Å²) in [4.78, 5) is 11.3. The highest BCUT2D eigenvalue weighted by molar-refractivity contribution is 5.41. The summed E-state index contributed by atoms with van der Waals surface area (Å²) in [5, 5.41) is 3.42. The lowest BCUT2D eigenvalue weighted by Crippen LogP contribution is -2.27. The van der Waals surface area contributed by atoms with Gasteiger partial charge in [0.05, 0.1) is 0 Å².